The summed E-state index contributed by atoms with van der Waals surface area (Å²) in [6.45, 7) is 6.00. The second kappa shape index (κ2) is 8.53. The van der Waals surface area contributed by atoms with Crippen LogP contribution in [0.3, 0.4) is 0 Å². The molecule has 0 aliphatic rings. The molecule has 1 amide bonds. The predicted molar refractivity (Wildman–Crippen MR) is 70.8 cm³/mol. The second-order valence-corrected chi connectivity index (χ2v) is 4.01. The first kappa shape index (κ1) is 14.5. The molecule has 0 saturated carbocycles. The molecule has 0 saturated heterocycles. The van der Waals surface area contributed by atoms with Crippen molar-refractivity contribution in [3.63, 3.8) is 0 Å². The quantitative estimate of drug-likeness (QED) is 0.718. The van der Waals surface area contributed by atoms with Gasteiger partial charge < -0.3 is 14.8 Å². The normalized spacial score (nSPS) is 10.1. The van der Waals surface area contributed by atoms with Gasteiger partial charge in [-0.15, -0.1) is 0 Å². The number of nitrogens with one attached hydrogen (secondary N) is 1. The van der Waals surface area contributed by atoms with Gasteiger partial charge in [-0.05, 0) is 38.0 Å². The number of hydrogen-bond acceptors (Lipinski definition) is 3. The number of rotatable bonds is 8. The van der Waals surface area contributed by atoms with Gasteiger partial charge in [-0.1, -0.05) is 12.1 Å². The minimum absolute atomic E-state index is 0.0537. The Morgan fingerprint density at radius 1 is 1.39 bits per heavy atom. The molecule has 0 aliphatic carbocycles. The summed E-state index contributed by atoms with van der Waals surface area (Å²) >= 11 is 0. The number of hydrogen-bond donors (Lipinski definition) is 1. The highest BCUT2D eigenvalue weighted by molar-refractivity contribution is 5.77. The summed E-state index contributed by atoms with van der Waals surface area (Å²) in [7, 11) is 0. The molecule has 1 N–H and O–H groups in total. The van der Waals surface area contributed by atoms with Gasteiger partial charge in [0.05, 0.1) is 0 Å². The third kappa shape index (κ3) is 6.25. The Kier molecular flexibility index (Phi) is 6.87. The molecule has 0 atom stereocenters. The molecule has 0 spiro atoms. The van der Waals surface area contributed by atoms with Crippen molar-refractivity contribution >= 4 is 5.91 Å². The Morgan fingerprint density at radius 2 is 2.22 bits per heavy atom. The molecular weight excluding hydrogens is 230 g/mol. The highest BCUT2D eigenvalue weighted by atomic mass is 16.5. The van der Waals surface area contributed by atoms with E-state index in [0.717, 1.165) is 17.7 Å². The Balaban J connectivity index is 2.13. The Labute approximate surface area is 108 Å². The monoisotopic (exact) mass is 251 g/mol. The third-order valence-corrected chi connectivity index (χ3v) is 2.35. The summed E-state index contributed by atoms with van der Waals surface area (Å²) in [5.74, 6) is 0.618. The highest BCUT2D eigenvalue weighted by Crippen LogP contribution is 2.11. The molecule has 0 heterocycles. The van der Waals surface area contributed by atoms with Crippen LogP contribution in [0.2, 0.25) is 0 Å². The maximum atomic E-state index is 11.5. The smallest absolute Gasteiger partial charge is 0.257 e. The number of amides is 1. The van der Waals surface area contributed by atoms with Crippen LogP contribution in [0.15, 0.2) is 24.3 Å². The highest BCUT2D eigenvalue weighted by Gasteiger charge is 2.01. The lowest BCUT2D eigenvalue weighted by atomic mass is 10.2. The van der Waals surface area contributed by atoms with Crippen molar-refractivity contribution in [2.24, 2.45) is 0 Å². The van der Waals surface area contributed by atoms with Crippen LogP contribution in [-0.2, 0) is 9.53 Å². The number of benzene rings is 1. The molecule has 1 rings (SSSR count). The maximum Gasteiger partial charge on any atom is 0.257 e. The van der Waals surface area contributed by atoms with Gasteiger partial charge in [0.1, 0.15) is 5.75 Å². The molecule has 0 unspecified atom stereocenters. The number of aryl methyl sites for hydroxylation is 1. The first-order chi connectivity index (χ1) is 8.72. The zero-order valence-electron chi connectivity index (χ0n) is 11.1. The van der Waals surface area contributed by atoms with E-state index in [1.165, 1.54) is 0 Å². The summed E-state index contributed by atoms with van der Waals surface area (Å²) in [5.41, 5.74) is 1.12. The van der Waals surface area contributed by atoms with E-state index in [4.69, 9.17) is 9.47 Å². The summed E-state index contributed by atoms with van der Waals surface area (Å²) in [5, 5.41) is 2.78. The lowest BCUT2D eigenvalue weighted by Gasteiger charge is -2.08. The van der Waals surface area contributed by atoms with Crippen LogP contribution in [0, 0.1) is 6.92 Å². The Bertz CT molecular complexity index is 366. The first-order valence-electron chi connectivity index (χ1n) is 6.26. The molecule has 1 aromatic rings. The molecule has 18 heavy (non-hydrogen) atoms. The average molecular weight is 251 g/mol. The molecule has 100 valence electrons. The SMILES string of the molecule is CCOCCCNC(=O)COc1cccc(C)c1. The standard InChI is InChI=1S/C14H21NO3/c1-3-17-9-5-8-15-14(16)11-18-13-7-4-6-12(2)10-13/h4,6-7,10H,3,5,8-9,11H2,1-2H3,(H,15,16). The molecule has 0 aliphatic heterocycles. The van der Waals surface area contributed by atoms with E-state index in [1.54, 1.807) is 0 Å². The van der Waals surface area contributed by atoms with Crippen molar-refractivity contribution in [3.8, 4) is 5.75 Å². The van der Waals surface area contributed by atoms with Crippen molar-refractivity contribution < 1.29 is 14.3 Å². The van der Waals surface area contributed by atoms with Gasteiger partial charge in [0.2, 0.25) is 0 Å². The average Bonchev–Trinajstić information content (AvgIpc) is 2.36. The van der Waals surface area contributed by atoms with E-state index < -0.39 is 0 Å². The van der Waals surface area contributed by atoms with Crippen LogP contribution in [0.4, 0.5) is 0 Å². The van der Waals surface area contributed by atoms with E-state index in [0.29, 0.717) is 19.8 Å². The zero-order chi connectivity index (χ0) is 13.2. The van der Waals surface area contributed by atoms with Crippen molar-refractivity contribution in [1.29, 1.82) is 0 Å². The van der Waals surface area contributed by atoms with Gasteiger partial charge in [0, 0.05) is 19.8 Å². The van der Waals surface area contributed by atoms with E-state index >= 15 is 0 Å². The lowest BCUT2D eigenvalue weighted by molar-refractivity contribution is -0.123. The summed E-state index contributed by atoms with van der Waals surface area (Å²) in [4.78, 5) is 11.5. The molecule has 0 radical (unpaired) electrons. The topological polar surface area (TPSA) is 47.6 Å². The molecule has 4 nitrogen and oxygen atoms in total. The summed E-state index contributed by atoms with van der Waals surface area (Å²) in [6, 6.07) is 7.64. The van der Waals surface area contributed by atoms with Crippen molar-refractivity contribution in [2.45, 2.75) is 20.3 Å². The molecule has 1 aromatic carbocycles. The number of carbonyl (C=O) groups is 1. The van der Waals surface area contributed by atoms with E-state index in [-0.39, 0.29) is 12.5 Å². The first-order valence-corrected chi connectivity index (χ1v) is 6.26. The maximum absolute atomic E-state index is 11.5. The lowest BCUT2D eigenvalue weighted by Crippen LogP contribution is -2.30. The van der Waals surface area contributed by atoms with Gasteiger partial charge in [-0.25, -0.2) is 0 Å². The Hall–Kier alpha value is -1.55. The molecule has 0 bridgehead atoms. The molecule has 4 heteroatoms. The molecule has 0 aromatic heterocycles. The minimum atomic E-state index is -0.104. The van der Waals surface area contributed by atoms with Gasteiger partial charge in [-0.2, -0.15) is 0 Å². The van der Waals surface area contributed by atoms with E-state index in [2.05, 4.69) is 5.32 Å². The van der Waals surface area contributed by atoms with Crippen molar-refractivity contribution in [3.05, 3.63) is 29.8 Å². The zero-order valence-corrected chi connectivity index (χ0v) is 11.1. The van der Waals surface area contributed by atoms with E-state index in [9.17, 15) is 4.79 Å². The number of carbonyl (C=O) groups excluding carboxylic acids is 1. The molecular formula is C14H21NO3. The summed E-state index contributed by atoms with van der Waals surface area (Å²) in [6.07, 6.45) is 0.823. The van der Waals surface area contributed by atoms with Crippen molar-refractivity contribution in [1.82, 2.24) is 5.32 Å². The third-order valence-electron chi connectivity index (χ3n) is 2.35. The van der Waals surface area contributed by atoms with Gasteiger partial charge in [0.25, 0.3) is 5.91 Å². The van der Waals surface area contributed by atoms with Crippen LogP contribution in [0.5, 0.6) is 5.75 Å². The fourth-order valence-electron chi connectivity index (χ4n) is 1.45. The predicted octanol–water partition coefficient (Wildman–Crippen LogP) is 1.92. The van der Waals surface area contributed by atoms with Crippen LogP contribution in [0.25, 0.3) is 0 Å². The van der Waals surface area contributed by atoms with Crippen LogP contribution < -0.4 is 10.1 Å². The van der Waals surface area contributed by atoms with Crippen LogP contribution in [-0.4, -0.2) is 32.3 Å². The largest absolute Gasteiger partial charge is 0.484 e. The van der Waals surface area contributed by atoms with Gasteiger partial charge in [-0.3, -0.25) is 4.79 Å². The van der Waals surface area contributed by atoms with Gasteiger partial charge >= 0.3 is 0 Å². The summed E-state index contributed by atoms with van der Waals surface area (Å²) < 4.78 is 10.6. The van der Waals surface area contributed by atoms with Crippen LogP contribution in [0.1, 0.15) is 18.9 Å². The molecule has 0 fully saturated rings. The van der Waals surface area contributed by atoms with Crippen LogP contribution >= 0.6 is 0 Å². The second-order valence-electron chi connectivity index (χ2n) is 4.01. The minimum Gasteiger partial charge on any atom is -0.484 e. The Morgan fingerprint density at radius 3 is 2.94 bits per heavy atom. The van der Waals surface area contributed by atoms with Crippen molar-refractivity contribution in [2.75, 3.05) is 26.4 Å². The van der Waals surface area contributed by atoms with Gasteiger partial charge in [0.15, 0.2) is 6.61 Å². The fourth-order valence-corrected chi connectivity index (χ4v) is 1.45. The fraction of sp³-hybridized carbons (Fsp3) is 0.500. The van der Waals surface area contributed by atoms with E-state index in [1.807, 2.05) is 38.1 Å². The number of ether oxygens (including phenoxy) is 2.